The molecular formula is C11H11ClO3. The Balaban J connectivity index is 2.75. The van der Waals surface area contributed by atoms with E-state index in [0.29, 0.717) is 17.7 Å². The van der Waals surface area contributed by atoms with Gasteiger partial charge >= 0.3 is 5.97 Å². The van der Waals surface area contributed by atoms with Crippen LogP contribution in [0.5, 0.6) is 0 Å². The molecule has 15 heavy (non-hydrogen) atoms. The van der Waals surface area contributed by atoms with Crippen molar-refractivity contribution in [3.05, 3.63) is 34.9 Å². The quantitative estimate of drug-likeness (QED) is 0.447. The van der Waals surface area contributed by atoms with Crippen molar-refractivity contribution in [2.75, 3.05) is 7.11 Å². The molecule has 0 saturated carbocycles. The Kier molecular flexibility index (Phi) is 4.31. The highest BCUT2D eigenvalue weighted by atomic mass is 35.5. The summed E-state index contributed by atoms with van der Waals surface area (Å²) in [6.45, 7) is 0. The van der Waals surface area contributed by atoms with E-state index in [1.54, 1.807) is 18.2 Å². The number of methoxy groups -OCH3 is 1. The molecule has 80 valence electrons. The molecule has 0 spiro atoms. The Morgan fingerprint density at radius 2 is 2.33 bits per heavy atom. The fourth-order valence-corrected chi connectivity index (χ4v) is 1.47. The Hall–Kier alpha value is -1.35. The van der Waals surface area contributed by atoms with E-state index in [2.05, 4.69) is 4.74 Å². The normalized spacial score (nSPS) is 11.9. The lowest BCUT2D eigenvalue weighted by molar-refractivity contribution is -0.146. The fourth-order valence-electron chi connectivity index (χ4n) is 1.26. The highest BCUT2D eigenvalue weighted by Crippen LogP contribution is 2.14. The highest BCUT2D eigenvalue weighted by molar-refractivity contribution is 6.30. The van der Waals surface area contributed by atoms with Gasteiger partial charge in [0.25, 0.3) is 0 Å². The summed E-state index contributed by atoms with van der Waals surface area (Å²) in [7, 11) is 1.26. The number of hydrogen-bond acceptors (Lipinski definition) is 3. The molecule has 0 saturated heterocycles. The predicted octanol–water partition coefficient (Wildman–Crippen LogP) is 1.87. The van der Waals surface area contributed by atoms with Gasteiger partial charge in [0, 0.05) is 5.02 Å². The van der Waals surface area contributed by atoms with Gasteiger partial charge in [0.1, 0.15) is 12.2 Å². The lowest BCUT2D eigenvalue weighted by Crippen LogP contribution is -2.19. The van der Waals surface area contributed by atoms with Crippen LogP contribution in [0.15, 0.2) is 24.3 Å². The molecule has 0 aliphatic heterocycles. The summed E-state index contributed by atoms with van der Waals surface area (Å²) < 4.78 is 4.50. The van der Waals surface area contributed by atoms with Crippen LogP contribution in [0.1, 0.15) is 5.56 Å². The first-order chi connectivity index (χ1) is 7.17. The Morgan fingerprint density at radius 3 is 2.87 bits per heavy atom. The van der Waals surface area contributed by atoms with Gasteiger partial charge in [0.05, 0.1) is 7.11 Å². The molecular weight excluding hydrogens is 216 g/mol. The minimum Gasteiger partial charge on any atom is -0.468 e. The lowest BCUT2D eigenvalue weighted by atomic mass is 10.0. The smallest absolute Gasteiger partial charge is 0.316 e. The molecule has 0 heterocycles. The second-order valence-corrected chi connectivity index (χ2v) is 3.54. The van der Waals surface area contributed by atoms with Crippen molar-refractivity contribution in [2.45, 2.75) is 6.42 Å². The fraction of sp³-hybridized carbons (Fsp3) is 0.273. The first-order valence-electron chi connectivity index (χ1n) is 4.45. The first kappa shape index (κ1) is 11.7. The molecule has 1 atom stereocenters. The van der Waals surface area contributed by atoms with E-state index in [9.17, 15) is 9.59 Å². The first-order valence-corrected chi connectivity index (χ1v) is 4.82. The second kappa shape index (κ2) is 5.51. The molecule has 1 rings (SSSR count). The maximum atomic E-state index is 11.1. The van der Waals surface area contributed by atoms with Crippen molar-refractivity contribution in [3.8, 4) is 0 Å². The molecule has 0 N–H and O–H groups in total. The van der Waals surface area contributed by atoms with Crippen molar-refractivity contribution in [2.24, 2.45) is 5.92 Å². The molecule has 0 bridgehead atoms. The number of carbonyl (C=O) groups is 2. The van der Waals surface area contributed by atoms with Crippen LogP contribution < -0.4 is 0 Å². The zero-order valence-corrected chi connectivity index (χ0v) is 9.03. The van der Waals surface area contributed by atoms with Gasteiger partial charge < -0.3 is 9.53 Å². The molecule has 4 heteroatoms. The van der Waals surface area contributed by atoms with E-state index < -0.39 is 11.9 Å². The molecule has 0 amide bonds. The maximum absolute atomic E-state index is 11.1. The summed E-state index contributed by atoms with van der Waals surface area (Å²) in [5, 5.41) is 0.585. The van der Waals surface area contributed by atoms with Crippen molar-refractivity contribution >= 4 is 23.9 Å². The van der Waals surface area contributed by atoms with Gasteiger partial charge in [-0.3, -0.25) is 4.79 Å². The minimum atomic E-state index is -0.756. The molecule has 0 radical (unpaired) electrons. The number of esters is 1. The number of carbonyl (C=O) groups excluding carboxylic acids is 2. The topological polar surface area (TPSA) is 43.4 Å². The molecule has 0 unspecified atom stereocenters. The van der Waals surface area contributed by atoms with Gasteiger partial charge in [-0.15, -0.1) is 0 Å². The third-order valence-electron chi connectivity index (χ3n) is 2.01. The van der Waals surface area contributed by atoms with Crippen LogP contribution in [0.4, 0.5) is 0 Å². The summed E-state index contributed by atoms with van der Waals surface area (Å²) in [5.74, 6) is -1.28. The van der Waals surface area contributed by atoms with Crippen LogP contribution >= 0.6 is 11.6 Å². The average molecular weight is 227 g/mol. The third-order valence-corrected chi connectivity index (χ3v) is 2.25. The predicted molar refractivity (Wildman–Crippen MR) is 56.7 cm³/mol. The van der Waals surface area contributed by atoms with Crippen LogP contribution in [-0.4, -0.2) is 19.4 Å². The zero-order chi connectivity index (χ0) is 11.3. The highest BCUT2D eigenvalue weighted by Gasteiger charge is 2.18. The van der Waals surface area contributed by atoms with Gasteiger partial charge in [-0.25, -0.2) is 0 Å². The van der Waals surface area contributed by atoms with E-state index in [1.165, 1.54) is 7.11 Å². The Morgan fingerprint density at radius 1 is 1.60 bits per heavy atom. The third kappa shape index (κ3) is 3.36. The minimum absolute atomic E-state index is 0.316. The summed E-state index contributed by atoms with van der Waals surface area (Å²) in [5.41, 5.74) is 0.838. The Bertz CT molecular complexity index is 363. The molecule has 0 fully saturated rings. The SMILES string of the molecule is COC(=O)[C@@H](C=O)Cc1cccc(Cl)c1. The van der Waals surface area contributed by atoms with Gasteiger partial charge in [-0.2, -0.15) is 0 Å². The van der Waals surface area contributed by atoms with Crippen molar-refractivity contribution in [1.29, 1.82) is 0 Å². The van der Waals surface area contributed by atoms with Crippen LogP contribution in [0.25, 0.3) is 0 Å². The largest absolute Gasteiger partial charge is 0.468 e. The van der Waals surface area contributed by atoms with E-state index >= 15 is 0 Å². The molecule has 1 aromatic carbocycles. The standard InChI is InChI=1S/C11H11ClO3/c1-15-11(14)9(7-13)5-8-3-2-4-10(12)6-8/h2-4,6-7,9H,5H2,1H3/t9-/m1/s1. The number of ether oxygens (including phenoxy) is 1. The van der Waals surface area contributed by atoms with Crippen LogP contribution in [0.3, 0.4) is 0 Å². The number of benzene rings is 1. The van der Waals surface area contributed by atoms with Crippen LogP contribution in [-0.2, 0) is 20.7 Å². The van der Waals surface area contributed by atoms with Crippen molar-refractivity contribution < 1.29 is 14.3 Å². The second-order valence-electron chi connectivity index (χ2n) is 3.10. The molecule has 1 aromatic rings. The maximum Gasteiger partial charge on any atom is 0.316 e. The average Bonchev–Trinajstić information content (AvgIpc) is 2.25. The van der Waals surface area contributed by atoms with Crippen molar-refractivity contribution in [3.63, 3.8) is 0 Å². The van der Waals surface area contributed by atoms with E-state index in [0.717, 1.165) is 5.56 Å². The number of hydrogen-bond donors (Lipinski definition) is 0. The summed E-state index contributed by atoms with van der Waals surface area (Å²) in [4.78, 5) is 21.8. The molecule has 3 nitrogen and oxygen atoms in total. The van der Waals surface area contributed by atoms with Gasteiger partial charge in [0.2, 0.25) is 0 Å². The summed E-state index contributed by atoms with van der Waals surface area (Å²) >= 11 is 5.78. The van der Waals surface area contributed by atoms with E-state index in [-0.39, 0.29) is 0 Å². The number of rotatable bonds is 4. The van der Waals surface area contributed by atoms with E-state index in [4.69, 9.17) is 11.6 Å². The monoisotopic (exact) mass is 226 g/mol. The van der Waals surface area contributed by atoms with Crippen LogP contribution in [0.2, 0.25) is 5.02 Å². The number of halogens is 1. The molecule has 0 aromatic heterocycles. The lowest BCUT2D eigenvalue weighted by Gasteiger charge is -2.07. The van der Waals surface area contributed by atoms with Crippen molar-refractivity contribution in [1.82, 2.24) is 0 Å². The Labute approximate surface area is 93.0 Å². The van der Waals surface area contributed by atoms with Gasteiger partial charge in [-0.05, 0) is 24.1 Å². The zero-order valence-electron chi connectivity index (χ0n) is 8.27. The van der Waals surface area contributed by atoms with Crippen LogP contribution in [0, 0.1) is 5.92 Å². The summed E-state index contributed by atoms with van der Waals surface area (Å²) in [6.07, 6.45) is 0.906. The van der Waals surface area contributed by atoms with E-state index in [1.807, 2.05) is 6.07 Å². The molecule has 0 aliphatic carbocycles. The number of aldehydes is 1. The summed E-state index contributed by atoms with van der Waals surface area (Å²) in [6, 6.07) is 7.04. The van der Waals surface area contributed by atoms with Gasteiger partial charge in [-0.1, -0.05) is 23.7 Å². The van der Waals surface area contributed by atoms with Gasteiger partial charge in [0.15, 0.2) is 0 Å². The molecule has 0 aliphatic rings.